The zero-order valence-electron chi connectivity index (χ0n) is 9.96. The molecule has 0 unspecified atom stereocenters. The van der Waals surface area contributed by atoms with Gasteiger partial charge in [0.1, 0.15) is 23.8 Å². The van der Waals surface area contributed by atoms with Crippen molar-refractivity contribution in [3.05, 3.63) is 40.4 Å². The predicted octanol–water partition coefficient (Wildman–Crippen LogP) is 3.47. The van der Waals surface area contributed by atoms with E-state index in [1.807, 2.05) is 6.92 Å². The van der Waals surface area contributed by atoms with Crippen LogP contribution in [0.3, 0.4) is 0 Å². The van der Waals surface area contributed by atoms with Crippen LogP contribution in [0.15, 0.2) is 29.0 Å². The van der Waals surface area contributed by atoms with E-state index in [9.17, 15) is 4.39 Å². The van der Waals surface area contributed by atoms with Crippen molar-refractivity contribution in [1.82, 2.24) is 9.97 Å². The van der Waals surface area contributed by atoms with Crippen molar-refractivity contribution in [2.24, 2.45) is 0 Å². The molecule has 0 aliphatic carbocycles. The third-order valence-corrected chi connectivity index (χ3v) is 3.16. The molecule has 0 fully saturated rings. The van der Waals surface area contributed by atoms with Gasteiger partial charge in [0.05, 0.1) is 5.69 Å². The zero-order chi connectivity index (χ0) is 13.1. The van der Waals surface area contributed by atoms with Crippen molar-refractivity contribution < 1.29 is 4.39 Å². The molecular formula is C12H12BrFN4. The van der Waals surface area contributed by atoms with Crippen molar-refractivity contribution in [1.29, 1.82) is 0 Å². The first-order chi connectivity index (χ1) is 8.61. The molecule has 0 aliphatic heterocycles. The highest BCUT2D eigenvalue weighted by Gasteiger charge is 2.08. The lowest BCUT2D eigenvalue weighted by Gasteiger charge is -2.12. The first-order valence-corrected chi connectivity index (χ1v) is 6.12. The minimum Gasteiger partial charge on any atom is -0.373 e. The Morgan fingerprint density at radius 2 is 1.94 bits per heavy atom. The van der Waals surface area contributed by atoms with Crippen molar-refractivity contribution in [2.45, 2.75) is 6.92 Å². The van der Waals surface area contributed by atoms with Gasteiger partial charge in [0, 0.05) is 17.1 Å². The number of nitrogens with one attached hydrogen (secondary N) is 2. The average Bonchev–Trinajstić information content (AvgIpc) is 2.35. The molecule has 2 aromatic rings. The van der Waals surface area contributed by atoms with Crippen LogP contribution in [-0.2, 0) is 0 Å². The molecule has 0 atom stereocenters. The predicted molar refractivity (Wildman–Crippen MR) is 73.7 cm³/mol. The van der Waals surface area contributed by atoms with Gasteiger partial charge >= 0.3 is 0 Å². The highest BCUT2D eigenvalue weighted by molar-refractivity contribution is 9.10. The van der Waals surface area contributed by atoms with Crippen LogP contribution >= 0.6 is 15.9 Å². The minimum absolute atomic E-state index is 0.289. The first-order valence-electron chi connectivity index (χ1n) is 5.33. The molecule has 0 aliphatic rings. The summed E-state index contributed by atoms with van der Waals surface area (Å²) in [7, 11) is 1.80. The molecule has 18 heavy (non-hydrogen) atoms. The highest BCUT2D eigenvalue weighted by Crippen LogP contribution is 2.28. The van der Waals surface area contributed by atoms with Crippen LogP contribution in [-0.4, -0.2) is 17.0 Å². The summed E-state index contributed by atoms with van der Waals surface area (Å²) in [6, 6.07) is 4.44. The van der Waals surface area contributed by atoms with E-state index < -0.39 is 0 Å². The van der Waals surface area contributed by atoms with E-state index in [1.165, 1.54) is 18.5 Å². The van der Waals surface area contributed by atoms with E-state index in [1.54, 1.807) is 13.1 Å². The summed E-state index contributed by atoms with van der Waals surface area (Å²) < 4.78 is 13.6. The maximum atomic E-state index is 13.0. The molecule has 1 heterocycles. The van der Waals surface area contributed by atoms with Crippen LogP contribution in [0, 0.1) is 12.7 Å². The van der Waals surface area contributed by atoms with Crippen molar-refractivity contribution in [2.75, 3.05) is 17.7 Å². The van der Waals surface area contributed by atoms with E-state index >= 15 is 0 Å². The summed E-state index contributed by atoms with van der Waals surface area (Å²) in [5.74, 6) is 1.15. The minimum atomic E-state index is -0.289. The molecule has 2 rings (SSSR count). The van der Waals surface area contributed by atoms with Gasteiger partial charge in [-0.2, -0.15) is 0 Å². The van der Waals surface area contributed by atoms with Gasteiger partial charge < -0.3 is 10.6 Å². The quantitative estimate of drug-likeness (QED) is 0.911. The Kier molecular flexibility index (Phi) is 3.76. The molecule has 94 valence electrons. The molecule has 1 aromatic heterocycles. The Balaban J connectivity index is 2.34. The summed E-state index contributed by atoms with van der Waals surface area (Å²) in [6.07, 6.45) is 1.47. The van der Waals surface area contributed by atoms with E-state index in [0.29, 0.717) is 10.3 Å². The highest BCUT2D eigenvalue weighted by atomic mass is 79.9. The molecule has 0 spiro atoms. The average molecular weight is 311 g/mol. The third kappa shape index (κ3) is 2.59. The second kappa shape index (κ2) is 5.30. The number of anilines is 3. The zero-order valence-corrected chi connectivity index (χ0v) is 11.5. The largest absolute Gasteiger partial charge is 0.373 e. The van der Waals surface area contributed by atoms with Gasteiger partial charge in [0.25, 0.3) is 0 Å². The monoisotopic (exact) mass is 310 g/mol. The van der Waals surface area contributed by atoms with Crippen LogP contribution in [0.5, 0.6) is 0 Å². The Hall–Kier alpha value is -1.69. The van der Waals surface area contributed by atoms with E-state index in [-0.39, 0.29) is 5.82 Å². The Morgan fingerprint density at radius 1 is 1.22 bits per heavy atom. The van der Waals surface area contributed by atoms with Crippen LogP contribution < -0.4 is 10.6 Å². The molecule has 2 N–H and O–H groups in total. The van der Waals surface area contributed by atoms with Gasteiger partial charge in [-0.25, -0.2) is 14.4 Å². The smallest absolute Gasteiger partial charge is 0.138 e. The number of benzene rings is 1. The van der Waals surface area contributed by atoms with Crippen LogP contribution in [0.4, 0.5) is 21.7 Å². The standard InChI is InChI=1S/C12H12BrFN4/c1-7-11(15-2)16-6-17-12(7)18-10-4-3-8(14)5-9(10)13/h3-6H,1-2H3,(H2,15,16,17,18). The summed E-state index contributed by atoms with van der Waals surface area (Å²) >= 11 is 3.30. The molecule has 0 saturated carbocycles. The summed E-state index contributed by atoms with van der Waals surface area (Å²) in [4.78, 5) is 8.27. The van der Waals surface area contributed by atoms with E-state index in [2.05, 4.69) is 36.5 Å². The van der Waals surface area contributed by atoms with E-state index in [4.69, 9.17) is 0 Å². The van der Waals surface area contributed by atoms with Crippen LogP contribution in [0.1, 0.15) is 5.56 Å². The van der Waals surface area contributed by atoms with Crippen molar-refractivity contribution in [3.63, 3.8) is 0 Å². The van der Waals surface area contributed by atoms with E-state index in [0.717, 1.165) is 17.1 Å². The molecule has 6 heteroatoms. The number of halogens is 2. The molecular weight excluding hydrogens is 299 g/mol. The lowest BCUT2D eigenvalue weighted by molar-refractivity contribution is 0.627. The van der Waals surface area contributed by atoms with Gasteiger partial charge in [-0.15, -0.1) is 0 Å². The topological polar surface area (TPSA) is 49.8 Å². The number of hydrogen-bond donors (Lipinski definition) is 2. The molecule has 1 aromatic carbocycles. The fraction of sp³-hybridized carbons (Fsp3) is 0.167. The number of nitrogens with zero attached hydrogens (tertiary/aromatic N) is 2. The summed E-state index contributed by atoms with van der Waals surface area (Å²) in [5.41, 5.74) is 1.65. The van der Waals surface area contributed by atoms with Crippen LogP contribution in [0.25, 0.3) is 0 Å². The SMILES string of the molecule is CNc1ncnc(Nc2ccc(F)cc2Br)c1C. The third-order valence-electron chi connectivity index (χ3n) is 2.51. The van der Waals surface area contributed by atoms with Gasteiger partial charge in [0.2, 0.25) is 0 Å². The van der Waals surface area contributed by atoms with Gasteiger partial charge in [-0.3, -0.25) is 0 Å². The number of hydrogen-bond acceptors (Lipinski definition) is 4. The second-order valence-electron chi connectivity index (χ2n) is 3.70. The number of rotatable bonds is 3. The van der Waals surface area contributed by atoms with Crippen molar-refractivity contribution in [3.8, 4) is 0 Å². The Morgan fingerprint density at radius 3 is 2.61 bits per heavy atom. The second-order valence-corrected chi connectivity index (χ2v) is 4.55. The fourth-order valence-electron chi connectivity index (χ4n) is 1.55. The number of aromatic nitrogens is 2. The Labute approximate surface area is 113 Å². The van der Waals surface area contributed by atoms with Gasteiger partial charge in [-0.1, -0.05) is 0 Å². The molecule has 0 bridgehead atoms. The fourth-order valence-corrected chi connectivity index (χ4v) is 2.00. The van der Waals surface area contributed by atoms with Gasteiger partial charge in [-0.05, 0) is 41.1 Å². The maximum absolute atomic E-state index is 13.0. The summed E-state index contributed by atoms with van der Waals surface area (Å²) in [6.45, 7) is 1.91. The molecule has 0 saturated heterocycles. The van der Waals surface area contributed by atoms with Gasteiger partial charge in [0.15, 0.2) is 0 Å². The summed E-state index contributed by atoms with van der Waals surface area (Å²) in [5, 5.41) is 6.12. The normalized spacial score (nSPS) is 10.2. The molecule has 4 nitrogen and oxygen atoms in total. The lowest BCUT2D eigenvalue weighted by Crippen LogP contribution is -2.02. The van der Waals surface area contributed by atoms with Crippen molar-refractivity contribution >= 4 is 33.3 Å². The van der Waals surface area contributed by atoms with Crippen LogP contribution in [0.2, 0.25) is 0 Å². The Bertz CT molecular complexity index is 574. The lowest BCUT2D eigenvalue weighted by atomic mass is 10.2. The molecule has 0 radical (unpaired) electrons. The maximum Gasteiger partial charge on any atom is 0.138 e. The molecule has 0 amide bonds. The first kappa shape index (κ1) is 12.8.